The Morgan fingerprint density at radius 1 is 1.65 bits per heavy atom. The summed E-state index contributed by atoms with van der Waals surface area (Å²) in [6.45, 7) is 8.23. The van der Waals surface area contributed by atoms with Crippen LogP contribution in [0.1, 0.15) is 32.2 Å². The zero-order valence-corrected chi connectivity index (χ0v) is 10.9. The van der Waals surface area contributed by atoms with E-state index in [1.807, 2.05) is 20.8 Å². The standard InChI is InChI=1S/C12H21N3O2/c1-8(2)12(4,7-13)14-11(16)6-10-5-9(3)17-15-10/h5,8H,6-7,13H2,1-4H3,(H,14,16). The number of rotatable bonds is 5. The number of amides is 1. The van der Waals surface area contributed by atoms with Gasteiger partial charge in [-0.15, -0.1) is 0 Å². The van der Waals surface area contributed by atoms with E-state index in [4.69, 9.17) is 10.3 Å². The van der Waals surface area contributed by atoms with E-state index in [1.165, 1.54) is 0 Å². The number of hydrogen-bond donors (Lipinski definition) is 2. The summed E-state index contributed by atoms with van der Waals surface area (Å²) in [4.78, 5) is 11.9. The summed E-state index contributed by atoms with van der Waals surface area (Å²) in [6, 6.07) is 1.76. The first-order chi connectivity index (χ1) is 7.87. The van der Waals surface area contributed by atoms with Gasteiger partial charge in [0.2, 0.25) is 5.91 Å². The second-order valence-electron chi connectivity index (χ2n) is 4.93. The molecule has 1 aromatic heterocycles. The van der Waals surface area contributed by atoms with Gasteiger partial charge < -0.3 is 15.6 Å². The van der Waals surface area contributed by atoms with Crippen LogP contribution >= 0.6 is 0 Å². The molecule has 5 heteroatoms. The number of nitrogens with two attached hydrogens (primary N) is 1. The van der Waals surface area contributed by atoms with Crippen molar-refractivity contribution in [2.75, 3.05) is 6.54 Å². The molecule has 1 heterocycles. The van der Waals surface area contributed by atoms with Crippen molar-refractivity contribution in [1.82, 2.24) is 10.5 Å². The Morgan fingerprint density at radius 2 is 2.29 bits per heavy atom. The quantitative estimate of drug-likeness (QED) is 0.803. The van der Waals surface area contributed by atoms with Crippen LogP contribution in [0.5, 0.6) is 0 Å². The highest BCUT2D eigenvalue weighted by Crippen LogP contribution is 2.15. The lowest BCUT2D eigenvalue weighted by Gasteiger charge is -2.33. The van der Waals surface area contributed by atoms with Crippen molar-refractivity contribution in [3.05, 3.63) is 17.5 Å². The number of hydrogen-bond acceptors (Lipinski definition) is 4. The first-order valence-electron chi connectivity index (χ1n) is 5.80. The van der Waals surface area contributed by atoms with Crippen molar-refractivity contribution >= 4 is 5.91 Å². The molecule has 0 saturated heterocycles. The minimum Gasteiger partial charge on any atom is -0.361 e. The minimum atomic E-state index is -0.379. The Kier molecular flexibility index (Phi) is 4.28. The Hall–Kier alpha value is -1.36. The van der Waals surface area contributed by atoms with Crippen LogP contribution in [0, 0.1) is 12.8 Å². The molecule has 5 nitrogen and oxygen atoms in total. The zero-order valence-electron chi connectivity index (χ0n) is 10.9. The molecule has 0 saturated carbocycles. The van der Waals surface area contributed by atoms with E-state index in [-0.39, 0.29) is 23.8 Å². The second-order valence-corrected chi connectivity index (χ2v) is 4.93. The lowest BCUT2D eigenvalue weighted by molar-refractivity contribution is -0.122. The largest absolute Gasteiger partial charge is 0.361 e. The fourth-order valence-corrected chi connectivity index (χ4v) is 1.46. The molecule has 0 bridgehead atoms. The van der Waals surface area contributed by atoms with Crippen LogP contribution in [0.2, 0.25) is 0 Å². The molecule has 0 aliphatic heterocycles. The van der Waals surface area contributed by atoms with Gasteiger partial charge in [-0.2, -0.15) is 0 Å². The number of nitrogens with zero attached hydrogens (tertiary/aromatic N) is 1. The SMILES string of the molecule is Cc1cc(CC(=O)NC(C)(CN)C(C)C)no1. The summed E-state index contributed by atoms with van der Waals surface area (Å²) in [5, 5.41) is 6.74. The highest BCUT2D eigenvalue weighted by atomic mass is 16.5. The fourth-order valence-electron chi connectivity index (χ4n) is 1.46. The molecular formula is C12H21N3O2. The fraction of sp³-hybridized carbons (Fsp3) is 0.667. The first-order valence-corrected chi connectivity index (χ1v) is 5.80. The molecule has 0 aliphatic rings. The van der Waals surface area contributed by atoms with Gasteiger partial charge in [0.15, 0.2) is 0 Å². The smallest absolute Gasteiger partial charge is 0.226 e. The lowest BCUT2D eigenvalue weighted by Crippen LogP contribution is -2.55. The van der Waals surface area contributed by atoms with Crippen molar-refractivity contribution < 1.29 is 9.32 Å². The van der Waals surface area contributed by atoms with Gasteiger partial charge in [0.25, 0.3) is 0 Å². The monoisotopic (exact) mass is 239 g/mol. The number of aryl methyl sites for hydroxylation is 1. The summed E-state index contributed by atoms with van der Waals surface area (Å²) in [5.41, 5.74) is 5.97. The van der Waals surface area contributed by atoms with E-state index in [0.29, 0.717) is 18.0 Å². The summed E-state index contributed by atoms with van der Waals surface area (Å²) in [6.07, 6.45) is 0.222. The van der Waals surface area contributed by atoms with Crippen LogP contribution in [-0.2, 0) is 11.2 Å². The third-order valence-electron chi connectivity index (χ3n) is 3.14. The van der Waals surface area contributed by atoms with Crippen LogP contribution in [-0.4, -0.2) is 23.1 Å². The highest BCUT2D eigenvalue weighted by Gasteiger charge is 2.28. The topological polar surface area (TPSA) is 81.2 Å². The Balaban J connectivity index is 2.60. The molecule has 3 N–H and O–H groups in total. The summed E-state index contributed by atoms with van der Waals surface area (Å²) in [7, 11) is 0. The summed E-state index contributed by atoms with van der Waals surface area (Å²) < 4.78 is 4.91. The van der Waals surface area contributed by atoms with Gasteiger partial charge in [-0.25, -0.2) is 0 Å². The highest BCUT2D eigenvalue weighted by molar-refractivity contribution is 5.78. The van der Waals surface area contributed by atoms with Gasteiger partial charge >= 0.3 is 0 Å². The average molecular weight is 239 g/mol. The molecule has 1 unspecified atom stereocenters. The third kappa shape index (κ3) is 3.56. The summed E-state index contributed by atoms with van der Waals surface area (Å²) in [5.74, 6) is 0.897. The van der Waals surface area contributed by atoms with E-state index in [2.05, 4.69) is 10.5 Å². The second kappa shape index (κ2) is 5.31. The van der Waals surface area contributed by atoms with Gasteiger partial charge in [0.1, 0.15) is 5.76 Å². The van der Waals surface area contributed by atoms with Gasteiger partial charge in [-0.05, 0) is 19.8 Å². The molecule has 96 valence electrons. The average Bonchev–Trinajstić information content (AvgIpc) is 2.63. The molecule has 1 amide bonds. The van der Waals surface area contributed by atoms with E-state index >= 15 is 0 Å². The Labute approximate surface area is 102 Å². The summed E-state index contributed by atoms with van der Waals surface area (Å²) >= 11 is 0. The molecule has 0 aromatic carbocycles. The van der Waals surface area contributed by atoms with Crippen LogP contribution < -0.4 is 11.1 Å². The van der Waals surface area contributed by atoms with Gasteiger partial charge in [-0.3, -0.25) is 4.79 Å². The Morgan fingerprint density at radius 3 is 2.71 bits per heavy atom. The van der Waals surface area contributed by atoms with E-state index in [9.17, 15) is 4.79 Å². The van der Waals surface area contributed by atoms with Crippen molar-refractivity contribution in [3.63, 3.8) is 0 Å². The van der Waals surface area contributed by atoms with Crippen molar-refractivity contribution in [1.29, 1.82) is 0 Å². The molecule has 1 rings (SSSR count). The van der Waals surface area contributed by atoms with Crippen molar-refractivity contribution in [2.24, 2.45) is 11.7 Å². The zero-order chi connectivity index (χ0) is 13.1. The minimum absolute atomic E-state index is 0.0834. The predicted molar refractivity (Wildman–Crippen MR) is 65.4 cm³/mol. The number of aromatic nitrogens is 1. The van der Waals surface area contributed by atoms with Crippen LogP contribution in [0.25, 0.3) is 0 Å². The molecule has 17 heavy (non-hydrogen) atoms. The van der Waals surface area contributed by atoms with Crippen molar-refractivity contribution in [2.45, 2.75) is 39.7 Å². The normalized spacial score (nSPS) is 14.7. The van der Waals surface area contributed by atoms with Crippen LogP contribution in [0.15, 0.2) is 10.6 Å². The van der Waals surface area contributed by atoms with E-state index < -0.39 is 0 Å². The Bertz CT molecular complexity index is 387. The van der Waals surface area contributed by atoms with Crippen LogP contribution in [0.4, 0.5) is 0 Å². The number of nitrogens with one attached hydrogen (secondary N) is 1. The number of carbonyl (C=O) groups is 1. The van der Waals surface area contributed by atoms with Crippen LogP contribution in [0.3, 0.4) is 0 Å². The molecule has 0 spiro atoms. The predicted octanol–water partition coefficient (Wildman–Crippen LogP) is 1.02. The molecule has 1 aromatic rings. The molecule has 0 radical (unpaired) electrons. The van der Waals surface area contributed by atoms with E-state index in [1.54, 1.807) is 13.0 Å². The maximum absolute atomic E-state index is 11.9. The van der Waals surface area contributed by atoms with E-state index in [0.717, 1.165) is 0 Å². The molecule has 1 atom stereocenters. The molecule has 0 aliphatic carbocycles. The van der Waals surface area contributed by atoms with Crippen molar-refractivity contribution in [3.8, 4) is 0 Å². The third-order valence-corrected chi connectivity index (χ3v) is 3.14. The number of carbonyl (C=O) groups excluding carboxylic acids is 1. The van der Waals surface area contributed by atoms with Gasteiger partial charge in [-0.1, -0.05) is 19.0 Å². The molecular weight excluding hydrogens is 218 g/mol. The van der Waals surface area contributed by atoms with Gasteiger partial charge in [0, 0.05) is 12.6 Å². The molecule has 0 fully saturated rings. The lowest BCUT2D eigenvalue weighted by atomic mass is 9.88. The first kappa shape index (κ1) is 13.7. The van der Waals surface area contributed by atoms with Gasteiger partial charge in [0.05, 0.1) is 17.7 Å². The maximum Gasteiger partial charge on any atom is 0.226 e. The maximum atomic E-state index is 11.9.